The molecule has 1 atom stereocenters. The van der Waals surface area contributed by atoms with Gasteiger partial charge in [0.1, 0.15) is 5.75 Å². The highest BCUT2D eigenvalue weighted by atomic mass is 32.1. The van der Waals surface area contributed by atoms with E-state index < -0.39 is 0 Å². The number of aromatic nitrogens is 1. The van der Waals surface area contributed by atoms with E-state index in [4.69, 9.17) is 4.74 Å². The summed E-state index contributed by atoms with van der Waals surface area (Å²) in [5.41, 5.74) is 1.91. The van der Waals surface area contributed by atoms with Crippen molar-refractivity contribution in [2.24, 2.45) is 0 Å². The molecule has 22 heavy (non-hydrogen) atoms. The minimum absolute atomic E-state index is 0.0761. The molecule has 2 amide bonds. The van der Waals surface area contributed by atoms with E-state index in [1.54, 1.807) is 11.3 Å². The second kappa shape index (κ2) is 7.79. The van der Waals surface area contributed by atoms with Crippen LogP contribution in [0, 0.1) is 6.92 Å². The summed E-state index contributed by atoms with van der Waals surface area (Å²) in [6.07, 6.45) is 0. The Labute approximate surface area is 134 Å². The topological polar surface area (TPSA) is 63.2 Å². The van der Waals surface area contributed by atoms with E-state index in [-0.39, 0.29) is 12.1 Å². The number of nitrogens with zero attached hydrogens (tertiary/aromatic N) is 1. The summed E-state index contributed by atoms with van der Waals surface area (Å²) in [5, 5.41) is 8.67. The van der Waals surface area contributed by atoms with Gasteiger partial charge in [-0.2, -0.15) is 0 Å². The molecular weight excluding hydrogens is 298 g/mol. The molecule has 0 saturated heterocycles. The first-order chi connectivity index (χ1) is 10.6. The maximum absolute atomic E-state index is 11.9. The van der Waals surface area contributed by atoms with E-state index in [0.717, 1.165) is 22.0 Å². The Morgan fingerprint density at radius 3 is 2.68 bits per heavy atom. The van der Waals surface area contributed by atoms with Gasteiger partial charge in [-0.1, -0.05) is 12.1 Å². The first kappa shape index (κ1) is 16.3. The molecule has 0 aliphatic heterocycles. The number of carbonyl (C=O) groups is 1. The third-order valence-corrected chi connectivity index (χ3v) is 3.96. The van der Waals surface area contributed by atoms with Gasteiger partial charge in [0.15, 0.2) is 0 Å². The van der Waals surface area contributed by atoms with Gasteiger partial charge in [0, 0.05) is 5.38 Å². The molecule has 0 radical (unpaired) electrons. The lowest BCUT2D eigenvalue weighted by Crippen LogP contribution is -2.36. The second-order valence-electron chi connectivity index (χ2n) is 4.91. The Morgan fingerprint density at radius 1 is 1.36 bits per heavy atom. The lowest BCUT2D eigenvalue weighted by molar-refractivity contribution is 0.237. The predicted molar refractivity (Wildman–Crippen MR) is 88.2 cm³/mol. The number of amides is 2. The molecule has 2 rings (SSSR count). The SMILES string of the molecule is CCOc1ccc([C@@H](C)NC(=O)NCc2csc(C)n2)cc1. The van der Waals surface area contributed by atoms with Gasteiger partial charge in [0.05, 0.1) is 29.9 Å². The summed E-state index contributed by atoms with van der Waals surface area (Å²) >= 11 is 1.58. The molecule has 118 valence electrons. The average Bonchev–Trinajstić information content (AvgIpc) is 2.92. The van der Waals surface area contributed by atoms with Crippen LogP contribution in [0.25, 0.3) is 0 Å². The van der Waals surface area contributed by atoms with Crippen molar-refractivity contribution in [2.75, 3.05) is 6.61 Å². The van der Waals surface area contributed by atoms with Crippen LogP contribution in [-0.2, 0) is 6.54 Å². The smallest absolute Gasteiger partial charge is 0.315 e. The number of nitrogens with one attached hydrogen (secondary N) is 2. The van der Waals surface area contributed by atoms with Crippen molar-refractivity contribution in [2.45, 2.75) is 33.4 Å². The Morgan fingerprint density at radius 2 is 2.09 bits per heavy atom. The predicted octanol–water partition coefficient (Wildman–Crippen LogP) is 3.41. The Balaban J connectivity index is 1.82. The second-order valence-corrected chi connectivity index (χ2v) is 5.97. The van der Waals surface area contributed by atoms with Gasteiger partial charge in [-0.05, 0) is 38.5 Å². The summed E-state index contributed by atoms with van der Waals surface area (Å²) in [4.78, 5) is 16.2. The highest BCUT2D eigenvalue weighted by molar-refractivity contribution is 7.09. The molecule has 2 aromatic rings. The van der Waals surface area contributed by atoms with Crippen LogP contribution in [0.15, 0.2) is 29.6 Å². The Hall–Kier alpha value is -2.08. The number of rotatable bonds is 6. The lowest BCUT2D eigenvalue weighted by atomic mass is 10.1. The minimum atomic E-state index is -0.202. The van der Waals surface area contributed by atoms with Crippen molar-refractivity contribution in [1.82, 2.24) is 15.6 Å². The van der Waals surface area contributed by atoms with Gasteiger partial charge in [0.2, 0.25) is 0 Å². The van der Waals surface area contributed by atoms with Crippen LogP contribution in [0.5, 0.6) is 5.75 Å². The molecular formula is C16H21N3O2S. The molecule has 2 N–H and O–H groups in total. The number of thiazole rings is 1. The van der Waals surface area contributed by atoms with Gasteiger partial charge in [-0.15, -0.1) is 11.3 Å². The zero-order valence-electron chi connectivity index (χ0n) is 13.1. The lowest BCUT2D eigenvalue weighted by Gasteiger charge is -2.15. The Kier molecular flexibility index (Phi) is 5.77. The summed E-state index contributed by atoms with van der Waals surface area (Å²) in [6, 6.07) is 7.46. The zero-order valence-corrected chi connectivity index (χ0v) is 13.9. The van der Waals surface area contributed by atoms with Gasteiger partial charge < -0.3 is 15.4 Å². The fraction of sp³-hybridized carbons (Fsp3) is 0.375. The average molecular weight is 319 g/mol. The molecule has 1 heterocycles. The molecule has 0 aliphatic rings. The third-order valence-electron chi connectivity index (χ3n) is 3.14. The number of carbonyl (C=O) groups excluding carboxylic acids is 1. The Bertz CT molecular complexity index is 610. The van der Waals surface area contributed by atoms with E-state index in [2.05, 4.69) is 15.6 Å². The number of benzene rings is 1. The summed E-state index contributed by atoms with van der Waals surface area (Å²) in [5.74, 6) is 0.835. The van der Waals surface area contributed by atoms with Gasteiger partial charge in [-0.3, -0.25) is 0 Å². The maximum Gasteiger partial charge on any atom is 0.315 e. The fourth-order valence-corrected chi connectivity index (χ4v) is 2.62. The highest BCUT2D eigenvalue weighted by Crippen LogP contribution is 2.17. The number of hydrogen-bond acceptors (Lipinski definition) is 4. The molecule has 0 spiro atoms. The van der Waals surface area contributed by atoms with Crippen LogP contribution in [0.3, 0.4) is 0 Å². The summed E-state index contributed by atoms with van der Waals surface area (Å²) in [6.45, 7) is 6.93. The molecule has 0 unspecified atom stereocenters. The van der Waals surface area contributed by atoms with Crippen molar-refractivity contribution < 1.29 is 9.53 Å². The summed E-state index contributed by atoms with van der Waals surface area (Å²) in [7, 11) is 0. The van der Waals surface area contributed by atoms with Crippen LogP contribution >= 0.6 is 11.3 Å². The maximum atomic E-state index is 11.9. The molecule has 0 bridgehead atoms. The van der Waals surface area contributed by atoms with E-state index in [1.807, 2.05) is 50.4 Å². The number of hydrogen-bond donors (Lipinski definition) is 2. The monoisotopic (exact) mass is 319 g/mol. The van der Waals surface area contributed by atoms with Crippen LogP contribution < -0.4 is 15.4 Å². The number of ether oxygens (including phenoxy) is 1. The standard InChI is InChI=1S/C16H21N3O2S/c1-4-21-15-7-5-13(6-8-15)11(2)18-16(20)17-9-14-10-22-12(3)19-14/h5-8,10-11H,4,9H2,1-3H3,(H2,17,18,20)/t11-/m1/s1. The molecule has 0 saturated carbocycles. The van der Waals surface area contributed by atoms with Gasteiger partial charge in [-0.25, -0.2) is 9.78 Å². The third kappa shape index (κ3) is 4.73. The fourth-order valence-electron chi connectivity index (χ4n) is 2.01. The van der Waals surface area contributed by atoms with Crippen molar-refractivity contribution in [3.8, 4) is 5.75 Å². The van der Waals surface area contributed by atoms with E-state index in [0.29, 0.717) is 13.2 Å². The van der Waals surface area contributed by atoms with E-state index in [1.165, 1.54) is 0 Å². The van der Waals surface area contributed by atoms with Crippen molar-refractivity contribution in [3.63, 3.8) is 0 Å². The summed E-state index contributed by atoms with van der Waals surface area (Å²) < 4.78 is 5.41. The van der Waals surface area contributed by atoms with E-state index >= 15 is 0 Å². The van der Waals surface area contributed by atoms with Gasteiger partial charge in [0.25, 0.3) is 0 Å². The quantitative estimate of drug-likeness (QED) is 0.857. The first-order valence-electron chi connectivity index (χ1n) is 7.26. The molecule has 0 aliphatic carbocycles. The van der Waals surface area contributed by atoms with Crippen LogP contribution in [0.2, 0.25) is 0 Å². The van der Waals surface area contributed by atoms with Crippen LogP contribution in [0.4, 0.5) is 4.79 Å². The molecule has 1 aromatic heterocycles. The van der Waals surface area contributed by atoms with Crippen molar-refractivity contribution in [1.29, 1.82) is 0 Å². The number of aryl methyl sites for hydroxylation is 1. The minimum Gasteiger partial charge on any atom is -0.494 e. The molecule has 0 fully saturated rings. The first-order valence-corrected chi connectivity index (χ1v) is 8.14. The molecule has 1 aromatic carbocycles. The molecule has 5 nitrogen and oxygen atoms in total. The van der Waals surface area contributed by atoms with Crippen molar-refractivity contribution >= 4 is 17.4 Å². The normalized spacial score (nSPS) is 11.8. The molecule has 6 heteroatoms. The zero-order chi connectivity index (χ0) is 15.9. The van der Waals surface area contributed by atoms with Crippen LogP contribution in [-0.4, -0.2) is 17.6 Å². The van der Waals surface area contributed by atoms with E-state index in [9.17, 15) is 4.79 Å². The largest absolute Gasteiger partial charge is 0.494 e. The van der Waals surface area contributed by atoms with Gasteiger partial charge >= 0.3 is 6.03 Å². The van der Waals surface area contributed by atoms with Crippen molar-refractivity contribution in [3.05, 3.63) is 45.9 Å². The van der Waals surface area contributed by atoms with Crippen LogP contribution in [0.1, 0.15) is 36.2 Å². The number of urea groups is 1. The highest BCUT2D eigenvalue weighted by Gasteiger charge is 2.10.